The van der Waals surface area contributed by atoms with E-state index in [9.17, 15) is 13.2 Å². The number of carbonyl (C=O) groups is 1. The number of ether oxygens (including phenoxy) is 1. The zero-order valence-corrected chi connectivity index (χ0v) is 16.9. The van der Waals surface area contributed by atoms with Crippen molar-refractivity contribution >= 4 is 21.4 Å². The van der Waals surface area contributed by atoms with E-state index in [2.05, 4.69) is 10.2 Å². The first kappa shape index (κ1) is 19.9. The third-order valence-corrected chi connectivity index (χ3v) is 7.59. The van der Waals surface area contributed by atoms with Crippen LogP contribution in [0.4, 0.5) is 5.69 Å². The van der Waals surface area contributed by atoms with E-state index in [0.29, 0.717) is 58.7 Å². The van der Waals surface area contributed by atoms with Crippen molar-refractivity contribution in [2.45, 2.75) is 24.5 Å². The summed E-state index contributed by atoms with van der Waals surface area (Å²) in [6.45, 7) is 6.02. The number of rotatable bonds is 5. The first-order valence-electron chi connectivity index (χ1n) is 9.55. The molecule has 0 aromatic heterocycles. The minimum Gasteiger partial charge on any atom is -0.492 e. The van der Waals surface area contributed by atoms with Gasteiger partial charge in [0.15, 0.2) is 14.6 Å². The maximum atomic E-state index is 13.2. The van der Waals surface area contributed by atoms with Gasteiger partial charge in [0, 0.05) is 32.4 Å². The van der Waals surface area contributed by atoms with Gasteiger partial charge in [0.2, 0.25) is 5.91 Å². The zero-order chi connectivity index (χ0) is 19.5. The molecular formula is C19H29N3O4S. The van der Waals surface area contributed by atoms with Crippen LogP contribution in [-0.2, 0) is 14.6 Å². The van der Waals surface area contributed by atoms with Crippen molar-refractivity contribution in [1.29, 1.82) is 0 Å². The minimum absolute atomic E-state index is 0.232. The predicted octanol–water partition coefficient (Wildman–Crippen LogP) is 0.901. The van der Waals surface area contributed by atoms with Crippen LogP contribution in [0.15, 0.2) is 24.3 Å². The van der Waals surface area contributed by atoms with Gasteiger partial charge < -0.3 is 19.9 Å². The van der Waals surface area contributed by atoms with Crippen molar-refractivity contribution in [2.75, 3.05) is 57.0 Å². The van der Waals surface area contributed by atoms with Crippen molar-refractivity contribution in [1.82, 2.24) is 10.2 Å². The van der Waals surface area contributed by atoms with Crippen LogP contribution >= 0.6 is 0 Å². The lowest BCUT2D eigenvalue weighted by Gasteiger charge is -2.42. The summed E-state index contributed by atoms with van der Waals surface area (Å²) in [5.41, 5.74) is 1.02. The minimum atomic E-state index is -3.48. The Labute approximate surface area is 161 Å². The molecular weight excluding hydrogens is 366 g/mol. The van der Waals surface area contributed by atoms with Crippen molar-refractivity contribution in [3.8, 4) is 5.75 Å². The Kier molecular flexibility index (Phi) is 5.95. The Morgan fingerprint density at radius 1 is 1.15 bits per heavy atom. The molecule has 0 saturated carbocycles. The van der Waals surface area contributed by atoms with Gasteiger partial charge in [-0.1, -0.05) is 12.1 Å². The number of benzene rings is 1. The van der Waals surface area contributed by atoms with E-state index in [0.717, 1.165) is 11.4 Å². The van der Waals surface area contributed by atoms with Gasteiger partial charge in [-0.3, -0.25) is 4.79 Å². The number of nitrogens with zero attached hydrogens (tertiary/aromatic N) is 2. The molecule has 3 rings (SSSR count). The maximum absolute atomic E-state index is 13.2. The van der Waals surface area contributed by atoms with E-state index in [1.54, 1.807) is 4.90 Å². The SMILES string of the molecule is CCOc1ccccc1N1CCN(C(=O)C2(S(C)(=O)=O)CCNCC2)CC1. The summed E-state index contributed by atoms with van der Waals surface area (Å²) in [4.78, 5) is 17.1. The van der Waals surface area contributed by atoms with Crippen molar-refractivity contribution < 1.29 is 17.9 Å². The maximum Gasteiger partial charge on any atom is 0.244 e. The monoisotopic (exact) mass is 395 g/mol. The second-order valence-electron chi connectivity index (χ2n) is 7.20. The topological polar surface area (TPSA) is 79.0 Å². The van der Waals surface area contributed by atoms with Gasteiger partial charge >= 0.3 is 0 Å². The smallest absolute Gasteiger partial charge is 0.244 e. The summed E-state index contributed by atoms with van der Waals surface area (Å²) in [5, 5.41) is 3.16. The van der Waals surface area contributed by atoms with Gasteiger partial charge in [-0.25, -0.2) is 8.42 Å². The number of amides is 1. The predicted molar refractivity (Wildman–Crippen MR) is 106 cm³/mol. The van der Waals surface area contributed by atoms with E-state index in [4.69, 9.17) is 4.74 Å². The van der Waals surface area contributed by atoms with Crippen molar-refractivity contribution in [3.63, 3.8) is 0 Å². The molecule has 1 amide bonds. The van der Waals surface area contributed by atoms with Crippen LogP contribution < -0.4 is 15.0 Å². The highest BCUT2D eigenvalue weighted by Gasteiger charge is 2.50. The Bertz CT molecular complexity index is 767. The second-order valence-corrected chi connectivity index (χ2v) is 9.52. The standard InChI is InChI=1S/C19H29N3O4S/c1-3-26-17-7-5-4-6-16(17)21-12-14-22(15-13-21)18(23)19(27(2,24)25)8-10-20-11-9-19/h4-7,20H,3,8-15H2,1-2H3. The molecule has 2 saturated heterocycles. The summed E-state index contributed by atoms with van der Waals surface area (Å²) < 4.78 is 29.4. The van der Waals surface area contributed by atoms with Crippen LogP contribution in [0, 0.1) is 0 Å². The molecule has 0 aliphatic carbocycles. The molecule has 2 aliphatic rings. The molecule has 0 atom stereocenters. The normalized spacial score (nSPS) is 20.4. The number of hydrogen-bond donors (Lipinski definition) is 1. The summed E-state index contributed by atoms with van der Waals surface area (Å²) >= 11 is 0. The van der Waals surface area contributed by atoms with Crippen molar-refractivity contribution in [3.05, 3.63) is 24.3 Å². The Hall–Kier alpha value is -1.80. The molecule has 150 valence electrons. The average Bonchev–Trinajstić information content (AvgIpc) is 2.68. The number of para-hydroxylation sites is 2. The highest BCUT2D eigenvalue weighted by Crippen LogP contribution is 2.32. The fraction of sp³-hybridized carbons (Fsp3) is 0.632. The quantitative estimate of drug-likeness (QED) is 0.798. The summed E-state index contributed by atoms with van der Waals surface area (Å²) in [6.07, 6.45) is 1.89. The van der Waals surface area contributed by atoms with Gasteiger partial charge in [-0.2, -0.15) is 0 Å². The molecule has 2 heterocycles. The van der Waals surface area contributed by atoms with Crippen LogP contribution in [-0.4, -0.2) is 76.1 Å². The fourth-order valence-corrected chi connectivity index (χ4v) is 5.40. The average molecular weight is 396 g/mol. The largest absolute Gasteiger partial charge is 0.492 e. The number of piperidine rings is 1. The Balaban J connectivity index is 1.73. The molecule has 1 aromatic rings. The number of hydrogen-bond acceptors (Lipinski definition) is 6. The third kappa shape index (κ3) is 3.91. The van der Waals surface area contributed by atoms with Crippen LogP contribution in [0.25, 0.3) is 0 Å². The zero-order valence-electron chi connectivity index (χ0n) is 16.1. The third-order valence-electron chi connectivity index (χ3n) is 5.58. The Morgan fingerprint density at radius 3 is 2.37 bits per heavy atom. The van der Waals surface area contributed by atoms with Crippen LogP contribution in [0.1, 0.15) is 19.8 Å². The molecule has 2 aliphatic heterocycles. The molecule has 0 unspecified atom stereocenters. The molecule has 1 aromatic carbocycles. The van der Waals surface area contributed by atoms with E-state index >= 15 is 0 Å². The summed E-state index contributed by atoms with van der Waals surface area (Å²) in [7, 11) is -3.48. The van der Waals surface area contributed by atoms with Gasteiger partial charge in [-0.15, -0.1) is 0 Å². The summed E-state index contributed by atoms with van der Waals surface area (Å²) in [5.74, 6) is 0.606. The van der Waals surface area contributed by atoms with E-state index in [-0.39, 0.29) is 5.91 Å². The van der Waals surface area contributed by atoms with E-state index < -0.39 is 14.6 Å². The number of nitrogens with one attached hydrogen (secondary N) is 1. The van der Waals surface area contributed by atoms with Crippen LogP contribution in [0.5, 0.6) is 5.75 Å². The lowest BCUT2D eigenvalue weighted by Crippen LogP contribution is -2.61. The fourth-order valence-electron chi connectivity index (χ4n) is 4.01. The summed E-state index contributed by atoms with van der Waals surface area (Å²) in [6, 6.07) is 7.89. The van der Waals surface area contributed by atoms with Crippen LogP contribution in [0.3, 0.4) is 0 Å². The van der Waals surface area contributed by atoms with Gasteiger partial charge in [0.05, 0.1) is 12.3 Å². The second kappa shape index (κ2) is 8.06. The number of sulfone groups is 1. The highest BCUT2D eigenvalue weighted by atomic mass is 32.2. The molecule has 2 fully saturated rings. The lowest BCUT2D eigenvalue weighted by molar-refractivity contribution is -0.135. The molecule has 8 heteroatoms. The van der Waals surface area contributed by atoms with Crippen LogP contribution in [0.2, 0.25) is 0 Å². The number of anilines is 1. The molecule has 0 spiro atoms. The van der Waals surface area contributed by atoms with Gasteiger partial charge in [0.1, 0.15) is 5.75 Å². The molecule has 7 nitrogen and oxygen atoms in total. The van der Waals surface area contributed by atoms with Gasteiger partial charge in [-0.05, 0) is 45.0 Å². The molecule has 1 N–H and O–H groups in total. The van der Waals surface area contributed by atoms with Crippen molar-refractivity contribution in [2.24, 2.45) is 0 Å². The first-order valence-corrected chi connectivity index (χ1v) is 11.4. The molecule has 0 radical (unpaired) electrons. The van der Waals surface area contributed by atoms with Gasteiger partial charge in [0.25, 0.3) is 0 Å². The Morgan fingerprint density at radius 2 is 1.78 bits per heavy atom. The van der Waals surface area contributed by atoms with E-state index in [1.807, 2.05) is 31.2 Å². The lowest BCUT2D eigenvalue weighted by atomic mass is 9.94. The molecule has 27 heavy (non-hydrogen) atoms. The number of carbonyl (C=O) groups excluding carboxylic acids is 1. The number of piperazine rings is 1. The molecule has 0 bridgehead atoms. The van der Waals surface area contributed by atoms with E-state index in [1.165, 1.54) is 6.26 Å². The highest BCUT2D eigenvalue weighted by molar-refractivity contribution is 7.92. The first-order chi connectivity index (χ1) is 12.9.